The van der Waals surface area contributed by atoms with Crippen LogP contribution < -0.4 is 0 Å². The van der Waals surface area contributed by atoms with Gasteiger partial charge in [-0.2, -0.15) is 0 Å². The Morgan fingerprint density at radius 3 is 2.44 bits per heavy atom. The third-order valence-electron chi connectivity index (χ3n) is 5.26. The third-order valence-corrected chi connectivity index (χ3v) is 7.54. The third kappa shape index (κ3) is 4.51. The molecule has 0 bridgehead atoms. The van der Waals surface area contributed by atoms with E-state index in [1.54, 1.807) is 25.1 Å². The predicted octanol–water partition coefficient (Wildman–Crippen LogP) is 3.29. The average molecular weight is 397 g/mol. The summed E-state index contributed by atoms with van der Waals surface area (Å²) in [5, 5.41) is -1.43. The van der Waals surface area contributed by atoms with Gasteiger partial charge in [-0.1, -0.05) is 51.3 Å². The second-order valence-electron chi connectivity index (χ2n) is 7.27. The fourth-order valence-electron chi connectivity index (χ4n) is 3.74. The minimum atomic E-state index is -4.00. The van der Waals surface area contributed by atoms with E-state index in [4.69, 9.17) is 9.47 Å². The molecule has 1 heterocycles. The summed E-state index contributed by atoms with van der Waals surface area (Å²) in [6.45, 7) is 3.74. The molecule has 0 unspecified atom stereocenters. The first kappa shape index (κ1) is 21.4. The van der Waals surface area contributed by atoms with Crippen LogP contribution in [0.3, 0.4) is 0 Å². The van der Waals surface area contributed by atoms with E-state index in [1.807, 2.05) is 0 Å². The molecule has 7 heteroatoms. The summed E-state index contributed by atoms with van der Waals surface area (Å²) in [7, 11) is -2.75. The Morgan fingerprint density at radius 1 is 1.19 bits per heavy atom. The Bertz CT molecular complexity index is 758. The van der Waals surface area contributed by atoms with Crippen LogP contribution in [0.15, 0.2) is 35.2 Å². The number of methoxy groups -OCH3 is 1. The quantitative estimate of drug-likeness (QED) is 0.470. The molecule has 1 saturated heterocycles. The number of ether oxygens (including phenoxy) is 2. The lowest BCUT2D eigenvalue weighted by Crippen LogP contribution is -2.44. The average Bonchev–Trinajstić information content (AvgIpc) is 2.89. The number of hydrogen-bond acceptors (Lipinski definition) is 6. The van der Waals surface area contributed by atoms with Crippen LogP contribution in [0.4, 0.5) is 0 Å². The van der Waals surface area contributed by atoms with Gasteiger partial charge in [0.15, 0.2) is 15.1 Å². The van der Waals surface area contributed by atoms with Crippen molar-refractivity contribution >= 4 is 21.8 Å². The van der Waals surface area contributed by atoms with Gasteiger partial charge in [0.2, 0.25) is 0 Å². The molecule has 0 radical (unpaired) electrons. The minimum Gasteiger partial charge on any atom is -0.469 e. The smallest absolute Gasteiger partial charge is 0.325 e. The number of cyclic esters (lactones) is 1. The molecule has 1 fully saturated rings. The zero-order valence-corrected chi connectivity index (χ0v) is 17.0. The fraction of sp³-hybridized carbons (Fsp3) is 0.600. The molecule has 0 amide bonds. The highest BCUT2D eigenvalue weighted by Crippen LogP contribution is 2.46. The topological polar surface area (TPSA) is 86.7 Å². The number of rotatable bonds is 9. The first-order valence-corrected chi connectivity index (χ1v) is 10.9. The van der Waals surface area contributed by atoms with Crippen molar-refractivity contribution in [3.8, 4) is 0 Å². The molecule has 2 rings (SSSR count). The van der Waals surface area contributed by atoms with Crippen LogP contribution in [-0.2, 0) is 28.9 Å². The lowest BCUT2D eigenvalue weighted by molar-refractivity contribution is -0.146. The summed E-state index contributed by atoms with van der Waals surface area (Å²) >= 11 is 0. The number of hydrogen-bond donors (Lipinski definition) is 0. The van der Waals surface area contributed by atoms with Gasteiger partial charge >= 0.3 is 11.9 Å². The monoisotopic (exact) mass is 396 g/mol. The molecule has 1 aliphatic heterocycles. The summed E-state index contributed by atoms with van der Waals surface area (Å²) in [6.07, 6.45) is 3.60. The summed E-state index contributed by atoms with van der Waals surface area (Å²) < 4.78 is 36.7. The number of unbranched alkanes of at least 4 members (excludes halogenated alkanes) is 3. The van der Waals surface area contributed by atoms with E-state index in [0.29, 0.717) is 6.42 Å². The van der Waals surface area contributed by atoms with Gasteiger partial charge in [-0.3, -0.25) is 9.59 Å². The zero-order valence-electron chi connectivity index (χ0n) is 16.1. The SMILES string of the molecule is CCCCCC[C@H]1OC(=O)[C@H](S(=O)(=O)c2ccccc2)[C@]1(C)CC(=O)OC. The molecule has 1 aromatic carbocycles. The molecular weight excluding hydrogens is 368 g/mol. The molecule has 0 saturated carbocycles. The first-order valence-electron chi connectivity index (χ1n) is 9.33. The number of benzene rings is 1. The number of sulfone groups is 1. The van der Waals surface area contributed by atoms with Crippen molar-refractivity contribution in [3.05, 3.63) is 30.3 Å². The van der Waals surface area contributed by atoms with E-state index in [0.717, 1.165) is 25.7 Å². The molecule has 1 aromatic rings. The lowest BCUT2D eigenvalue weighted by Gasteiger charge is -2.31. The molecule has 150 valence electrons. The maximum Gasteiger partial charge on any atom is 0.325 e. The molecule has 1 aliphatic rings. The van der Waals surface area contributed by atoms with Crippen molar-refractivity contribution < 1.29 is 27.5 Å². The molecule has 3 atom stereocenters. The van der Waals surface area contributed by atoms with Gasteiger partial charge in [-0.05, 0) is 25.0 Å². The number of carbonyl (C=O) groups is 2. The van der Waals surface area contributed by atoms with Crippen LogP contribution in [0.25, 0.3) is 0 Å². The molecule has 0 N–H and O–H groups in total. The lowest BCUT2D eigenvalue weighted by atomic mass is 9.77. The Labute approximate surface area is 161 Å². The predicted molar refractivity (Wildman–Crippen MR) is 101 cm³/mol. The second-order valence-corrected chi connectivity index (χ2v) is 9.30. The van der Waals surface area contributed by atoms with Gasteiger partial charge in [-0.25, -0.2) is 8.42 Å². The van der Waals surface area contributed by atoms with E-state index in [1.165, 1.54) is 19.2 Å². The molecule has 6 nitrogen and oxygen atoms in total. The standard InChI is InChI=1S/C20H28O6S/c1-4-5-6-10-13-16-20(2,14-17(21)25-3)18(19(22)26-16)27(23,24)15-11-8-7-9-12-15/h7-9,11-12,16,18H,4-6,10,13-14H2,1-3H3/t16-,18+,20-/m1/s1. The Balaban J connectivity index is 2.38. The van der Waals surface area contributed by atoms with E-state index in [2.05, 4.69) is 6.92 Å². The van der Waals surface area contributed by atoms with Crippen LogP contribution in [0.1, 0.15) is 52.4 Å². The highest BCUT2D eigenvalue weighted by molar-refractivity contribution is 7.92. The molecule has 0 aliphatic carbocycles. The van der Waals surface area contributed by atoms with Crippen molar-refractivity contribution in [3.63, 3.8) is 0 Å². The zero-order chi connectivity index (χ0) is 20.1. The highest BCUT2D eigenvalue weighted by Gasteiger charge is 2.60. The highest BCUT2D eigenvalue weighted by atomic mass is 32.2. The van der Waals surface area contributed by atoms with Gasteiger partial charge in [0.25, 0.3) is 0 Å². The maximum atomic E-state index is 13.2. The van der Waals surface area contributed by atoms with Crippen LogP contribution in [0.5, 0.6) is 0 Å². The molecule has 0 aromatic heterocycles. The van der Waals surface area contributed by atoms with Crippen molar-refractivity contribution in [1.82, 2.24) is 0 Å². The maximum absolute atomic E-state index is 13.2. The summed E-state index contributed by atoms with van der Waals surface area (Å²) in [6, 6.07) is 7.82. The van der Waals surface area contributed by atoms with E-state index < -0.39 is 38.5 Å². The van der Waals surface area contributed by atoms with Crippen molar-refractivity contribution in [1.29, 1.82) is 0 Å². The van der Waals surface area contributed by atoms with Crippen molar-refractivity contribution in [2.24, 2.45) is 5.41 Å². The summed E-state index contributed by atoms with van der Waals surface area (Å²) in [4.78, 5) is 24.7. The number of esters is 2. The van der Waals surface area contributed by atoms with Crippen LogP contribution >= 0.6 is 0 Å². The fourth-order valence-corrected chi connectivity index (χ4v) is 5.80. The summed E-state index contributed by atoms with van der Waals surface area (Å²) in [5.41, 5.74) is -1.18. The van der Waals surface area contributed by atoms with E-state index in [9.17, 15) is 18.0 Å². The Morgan fingerprint density at radius 2 is 1.85 bits per heavy atom. The van der Waals surface area contributed by atoms with Crippen molar-refractivity contribution in [2.45, 2.75) is 68.6 Å². The summed E-state index contributed by atoms with van der Waals surface area (Å²) in [5.74, 6) is -1.34. The van der Waals surface area contributed by atoms with Gasteiger partial charge in [0.05, 0.1) is 18.4 Å². The van der Waals surface area contributed by atoms with Crippen LogP contribution in [0, 0.1) is 5.41 Å². The van der Waals surface area contributed by atoms with Crippen LogP contribution in [0.2, 0.25) is 0 Å². The van der Waals surface area contributed by atoms with E-state index >= 15 is 0 Å². The minimum absolute atomic E-state index is 0.0506. The second kappa shape index (κ2) is 8.87. The molecule has 0 spiro atoms. The van der Waals surface area contributed by atoms with Crippen LogP contribution in [-0.4, -0.2) is 38.8 Å². The van der Waals surface area contributed by atoms with Gasteiger partial charge in [0.1, 0.15) is 6.10 Å². The van der Waals surface area contributed by atoms with Gasteiger partial charge < -0.3 is 9.47 Å². The normalized spacial score (nSPS) is 25.2. The first-order chi connectivity index (χ1) is 12.8. The molecule has 27 heavy (non-hydrogen) atoms. The molecular formula is C20H28O6S. The van der Waals surface area contributed by atoms with E-state index in [-0.39, 0.29) is 11.3 Å². The largest absolute Gasteiger partial charge is 0.469 e. The number of carbonyl (C=O) groups excluding carboxylic acids is 2. The van der Waals surface area contributed by atoms with Gasteiger partial charge in [0, 0.05) is 5.41 Å². The Kier molecular flexibility index (Phi) is 7.03. The Hall–Kier alpha value is -1.89. The van der Waals surface area contributed by atoms with Crippen molar-refractivity contribution in [2.75, 3.05) is 7.11 Å². The van der Waals surface area contributed by atoms with Gasteiger partial charge in [-0.15, -0.1) is 0 Å².